The van der Waals surface area contributed by atoms with Crippen molar-refractivity contribution in [2.45, 2.75) is 505 Å². The van der Waals surface area contributed by atoms with Crippen molar-refractivity contribution >= 4 is 59.7 Å². The molecule has 27 atom stereocenters. The van der Waals surface area contributed by atoms with Gasteiger partial charge in [-0.05, 0) is 359 Å². The maximum absolute atomic E-state index is 11.6. The van der Waals surface area contributed by atoms with Crippen LogP contribution in [0.1, 0.15) is 395 Å². The van der Waals surface area contributed by atoms with Crippen LogP contribution in [0.15, 0.2) is 72.9 Å². The van der Waals surface area contributed by atoms with Crippen LogP contribution >= 0.6 is 0 Å². The highest BCUT2D eigenvalue weighted by molar-refractivity contribution is 5.89. The van der Waals surface area contributed by atoms with E-state index >= 15 is 0 Å². The van der Waals surface area contributed by atoms with Gasteiger partial charge in [0.1, 0.15) is 36.6 Å². The Bertz CT molecular complexity index is 3960. The Morgan fingerprint density at radius 3 is 0.832 bits per heavy atom. The molecule has 0 aromatic carbocycles. The lowest BCUT2D eigenvalue weighted by Crippen LogP contribution is -2.37. The lowest BCUT2D eigenvalue weighted by atomic mass is 9.69. The summed E-state index contributed by atoms with van der Waals surface area (Å²) in [5.74, 6) is 4.92. The first-order chi connectivity index (χ1) is 71.5. The lowest BCUT2D eigenvalue weighted by Gasteiger charge is -2.40. The molecule has 6 aliphatic heterocycles. The fourth-order valence-corrected chi connectivity index (χ4v) is 25.3. The van der Waals surface area contributed by atoms with Crippen LogP contribution in [-0.2, 0) is 133 Å². The number of fused-ring (bicyclic) bond motifs is 9. The van der Waals surface area contributed by atoms with E-state index in [0.717, 1.165) is 190 Å². The van der Waals surface area contributed by atoms with Crippen molar-refractivity contribution < 1.29 is 133 Å². The quantitative estimate of drug-likeness (QED) is 0.0473. The van der Waals surface area contributed by atoms with Crippen molar-refractivity contribution in [2.24, 2.45) is 71.0 Å². The molecule has 0 aromatic heterocycles. The van der Waals surface area contributed by atoms with Crippen LogP contribution in [0.5, 0.6) is 0 Å². The summed E-state index contributed by atoms with van der Waals surface area (Å²) >= 11 is 0. The minimum Gasteiger partial charge on any atom is -0.469 e. The van der Waals surface area contributed by atoms with Crippen molar-refractivity contribution in [3.8, 4) is 0 Å². The van der Waals surface area contributed by atoms with Gasteiger partial charge in [-0.3, -0.25) is 19.2 Å². The smallest absolute Gasteiger partial charge is 0.333 e. The second kappa shape index (κ2) is 63.7. The predicted octanol–water partition coefficient (Wildman–Crippen LogP) is 23.4. The average Bonchev–Trinajstić information content (AvgIpc) is 1.59. The van der Waals surface area contributed by atoms with Gasteiger partial charge >= 0.3 is 59.7 Å². The van der Waals surface area contributed by atoms with Crippen LogP contribution in [0.2, 0.25) is 0 Å². The Morgan fingerprint density at radius 1 is 0.248 bits per heavy atom. The molecule has 844 valence electrons. The molecule has 15 saturated carbocycles. The molecule has 15 aliphatic carbocycles. The van der Waals surface area contributed by atoms with Crippen LogP contribution in [0.25, 0.3) is 0 Å². The molecule has 0 radical (unpaired) electrons. The maximum Gasteiger partial charge on any atom is 0.333 e. The zero-order valence-electron chi connectivity index (χ0n) is 93.5. The number of ether oxygens (including phenoxy) is 18. The van der Waals surface area contributed by atoms with E-state index in [4.69, 9.17) is 71.1 Å². The molecule has 0 aromatic rings. The summed E-state index contributed by atoms with van der Waals surface area (Å²) in [6.45, 7) is 35.7. The highest BCUT2D eigenvalue weighted by atomic mass is 16.6. The van der Waals surface area contributed by atoms with Crippen LogP contribution in [0.4, 0.5) is 0 Å². The standard InChI is InChI=1S/3C14H22O2.3C10H16O2.C9H14O3.3C8H12O3.2C8H14O2/c2*1-10(2)14(15)16-13-9-5-7-11-6-3-4-8-12(11)13;1-10(2)14(15)16-13-8-7-11-5-3-4-6-12(11)9-13;3*1-8(2)10(11)12-9-6-4-3-5-7-9;1-9-5-6(8(10)11-2)3-4-7(9)12-9;3*1-10-8(9)5-2-3-6-7(4-5)11-6;2*1-9-5-6-2-3-7-8(4-6)10-7/h3*11-13H,1,3-9H2,2H3;3*9H,1,3-7H2,2H3;6-7H,3-5H2,1-2H3;3*5-7H,2-4H2,1H3;2*6-8H,2-5H2,1H3. The number of hydrogen-bond acceptors (Lipinski definition) is 28. The topological polar surface area (TPSA) is 357 Å². The van der Waals surface area contributed by atoms with Crippen molar-refractivity contribution in [1.82, 2.24) is 0 Å². The van der Waals surface area contributed by atoms with Crippen LogP contribution in [0.3, 0.4) is 0 Å². The van der Waals surface area contributed by atoms with E-state index in [9.17, 15) is 47.9 Å². The Balaban J connectivity index is 0.000000167. The summed E-state index contributed by atoms with van der Waals surface area (Å²) in [6.07, 6.45) is 69.0. The summed E-state index contributed by atoms with van der Waals surface area (Å²) in [5.41, 5.74) is 3.07. The number of esters is 10. The monoisotopic (exact) mass is 2090 g/mol. The molecular formula is C121H192O28. The Kier molecular flexibility index (Phi) is 52.9. The van der Waals surface area contributed by atoms with Gasteiger partial charge in [-0.2, -0.15) is 0 Å². The summed E-state index contributed by atoms with van der Waals surface area (Å²) in [4.78, 5) is 112. The lowest BCUT2D eigenvalue weighted by molar-refractivity contribution is -0.152. The fraction of sp³-hybridized carbons (Fsp3) is 0.818. The molecule has 0 bridgehead atoms. The summed E-state index contributed by atoms with van der Waals surface area (Å²) in [5, 5.41) is 0. The molecule has 0 amide bonds. The highest BCUT2D eigenvalue weighted by Gasteiger charge is 2.57. The van der Waals surface area contributed by atoms with Crippen molar-refractivity contribution in [3.05, 3.63) is 72.9 Å². The molecule has 28 nitrogen and oxygen atoms in total. The minimum atomic E-state index is -0.234. The average molecular weight is 2090 g/mol. The third kappa shape index (κ3) is 43.1. The zero-order chi connectivity index (χ0) is 108. The third-order valence-electron chi connectivity index (χ3n) is 34.5. The van der Waals surface area contributed by atoms with Gasteiger partial charge in [-0.25, -0.2) is 28.8 Å². The van der Waals surface area contributed by atoms with E-state index in [1.54, 1.807) is 55.8 Å². The van der Waals surface area contributed by atoms with Crippen molar-refractivity contribution in [2.75, 3.05) is 55.9 Å². The van der Waals surface area contributed by atoms with Gasteiger partial charge < -0.3 is 85.3 Å². The molecule has 28 heteroatoms. The Labute approximate surface area is 892 Å². The highest BCUT2D eigenvalue weighted by Crippen LogP contribution is 2.51. The van der Waals surface area contributed by atoms with Gasteiger partial charge in [0.15, 0.2) is 0 Å². The van der Waals surface area contributed by atoms with E-state index in [1.165, 1.54) is 234 Å². The number of hydrogen-bond donors (Lipinski definition) is 0. The number of carbonyl (C=O) groups is 10. The molecule has 6 saturated heterocycles. The zero-order valence-corrected chi connectivity index (χ0v) is 93.5. The van der Waals surface area contributed by atoms with E-state index in [-0.39, 0.29) is 126 Å². The van der Waals surface area contributed by atoms with Gasteiger partial charge in [0.05, 0.1) is 125 Å². The normalized spacial score (nSPS) is 34.2. The SMILES string of the molecule is C=C(C)C(=O)OC1CCC2CCCCC2C1.C=C(C)C(=O)OC1CCCC2CCCCC21.C=C(C)C(=O)OC1CCCC2CCCCC21.C=C(C)C(=O)OC1CCCCC1.C=C(C)C(=O)OC1CCCCC1.C=C(C)C(=O)OC1CCCCC1.COC(=O)C1CCC2OC2(C)C1.COC(=O)C1CCC2OC2C1.COC(=O)C1CCC2OC2C1.COC(=O)C1CCC2OC2C1.COCC1CCC2OC2C1.COCC1CCC2OC2C1. The van der Waals surface area contributed by atoms with Crippen molar-refractivity contribution in [3.63, 3.8) is 0 Å². The number of rotatable bonds is 20. The van der Waals surface area contributed by atoms with Crippen LogP contribution in [0, 0.1) is 71.0 Å². The molecule has 149 heavy (non-hydrogen) atoms. The van der Waals surface area contributed by atoms with Gasteiger partial charge in [-0.15, -0.1) is 0 Å². The first kappa shape index (κ1) is 124. The molecular weight excluding hydrogens is 1900 g/mol. The molecule has 21 rings (SSSR count). The molecule has 6 heterocycles. The molecule has 21 aliphatic rings. The van der Waals surface area contributed by atoms with Gasteiger partial charge in [0.2, 0.25) is 0 Å². The third-order valence-corrected chi connectivity index (χ3v) is 34.5. The molecule has 27 unspecified atom stereocenters. The minimum absolute atomic E-state index is 0.00287. The van der Waals surface area contributed by atoms with Gasteiger partial charge in [-0.1, -0.05) is 123 Å². The number of epoxide rings is 6. The maximum atomic E-state index is 11.6. The van der Waals surface area contributed by atoms with Crippen LogP contribution < -0.4 is 0 Å². The van der Waals surface area contributed by atoms with Crippen LogP contribution in [-0.4, -0.2) is 225 Å². The molecule has 0 N–H and O–H groups in total. The second-order valence-corrected chi connectivity index (χ2v) is 46.8. The fourth-order valence-electron chi connectivity index (χ4n) is 25.3. The summed E-state index contributed by atoms with van der Waals surface area (Å²) in [7, 11) is 9.34. The first-order valence-corrected chi connectivity index (χ1v) is 57.9. The number of carbonyl (C=O) groups excluding carboxylic acids is 10. The summed E-state index contributed by atoms with van der Waals surface area (Å²) in [6, 6.07) is 0. The molecule has 21 fully saturated rings. The first-order valence-electron chi connectivity index (χ1n) is 57.9. The van der Waals surface area contributed by atoms with Gasteiger partial charge in [0.25, 0.3) is 0 Å². The largest absolute Gasteiger partial charge is 0.469 e. The predicted molar refractivity (Wildman–Crippen MR) is 568 cm³/mol. The van der Waals surface area contributed by atoms with Gasteiger partial charge in [0, 0.05) is 60.9 Å². The molecule has 0 spiro atoms. The Morgan fingerprint density at radius 2 is 0.523 bits per heavy atom. The number of methoxy groups -OCH3 is 6. The Hall–Kier alpha value is -7.18. The van der Waals surface area contributed by atoms with E-state index in [1.807, 2.05) is 0 Å². The second-order valence-electron chi connectivity index (χ2n) is 46.8. The summed E-state index contributed by atoms with van der Waals surface area (Å²) < 4.78 is 93.3. The van der Waals surface area contributed by atoms with Crippen molar-refractivity contribution in [1.29, 1.82) is 0 Å². The van der Waals surface area contributed by atoms with E-state index in [2.05, 4.69) is 60.6 Å². The van der Waals surface area contributed by atoms with E-state index < -0.39 is 0 Å². The van der Waals surface area contributed by atoms with E-state index in [0.29, 0.717) is 112 Å².